The predicted octanol–water partition coefficient (Wildman–Crippen LogP) is 2.18. The van der Waals surface area contributed by atoms with Crippen LogP contribution in [0.5, 0.6) is 0 Å². The number of alkyl halides is 3. The monoisotopic (exact) mass is 273 g/mol. The zero-order chi connectivity index (χ0) is 13.9. The van der Waals surface area contributed by atoms with E-state index in [1.807, 2.05) is 0 Å². The van der Waals surface area contributed by atoms with Gasteiger partial charge in [-0.25, -0.2) is 4.98 Å². The highest BCUT2D eigenvalue weighted by atomic mass is 19.4. The number of aromatic nitrogens is 1. The summed E-state index contributed by atoms with van der Waals surface area (Å²) < 4.78 is 37.2. The Morgan fingerprint density at radius 3 is 2.74 bits per heavy atom. The molecule has 1 heterocycles. The molecule has 1 aliphatic rings. The maximum Gasteiger partial charge on any atom is 0.433 e. The Morgan fingerprint density at radius 2 is 2.11 bits per heavy atom. The Hall–Kier alpha value is -1.79. The van der Waals surface area contributed by atoms with Gasteiger partial charge in [0.25, 0.3) is 0 Å². The van der Waals surface area contributed by atoms with Gasteiger partial charge in [0.1, 0.15) is 11.5 Å². The Kier molecular flexibility index (Phi) is 3.92. The van der Waals surface area contributed by atoms with E-state index < -0.39 is 11.9 Å². The molecular formula is C12H14F3N3O. The van der Waals surface area contributed by atoms with Crippen molar-refractivity contribution < 1.29 is 18.0 Å². The molecule has 1 fully saturated rings. The number of pyridine rings is 1. The Bertz CT molecular complexity index is 458. The molecule has 19 heavy (non-hydrogen) atoms. The third-order valence-electron chi connectivity index (χ3n) is 2.64. The largest absolute Gasteiger partial charge is 0.433 e. The summed E-state index contributed by atoms with van der Waals surface area (Å²) in [6.45, 7) is 0.257. The second-order valence-electron chi connectivity index (χ2n) is 4.42. The van der Waals surface area contributed by atoms with Crippen molar-refractivity contribution in [1.29, 1.82) is 0 Å². The first-order chi connectivity index (χ1) is 8.95. The van der Waals surface area contributed by atoms with Crippen LogP contribution in [0.1, 0.15) is 25.0 Å². The number of rotatable bonds is 5. The fourth-order valence-corrected chi connectivity index (χ4v) is 1.52. The summed E-state index contributed by atoms with van der Waals surface area (Å²) in [5.41, 5.74) is -0.945. The predicted molar refractivity (Wildman–Crippen MR) is 63.5 cm³/mol. The number of nitrogens with zero attached hydrogens (tertiary/aromatic N) is 1. The molecule has 1 aromatic heterocycles. The quantitative estimate of drug-likeness (QED) is 0.864. The van der Waals surface area contributed by atoms with Crippen LogP contribution >= 0.6 is 0 Å². The minimum atomic E-state index is -4.46. The molecule has 0 atom stereocenters. The first-order valence-corrected chi connectivity index (χ1v) is 6.02. The number of hydrogen-bond acceptors (Lipinski definition) is 3. The van der Waals surface area contributed by atoms with E-state index in [2.05, 4.69) is 15.6 Å². The SMILES string of the molecule is O=C(CCNc1cccc(C(F)(F)F)n1)NC1CC1. The van der Waals surface area contributed by atoms with Crippen LogP contribution in [0.2, 0.25) is 0 Å². The van der Waals surface area contributed by atoms with E-state index in [1.54, 1.807) is 0 Å². The zero-order valence-electron chi connectivity index (χ0n) is 10.1. The Balaban J connectivity index is 1.80. The summed E-state index contributed by atoms with van der Waals surface area (Å²) in [6, 6.07) is 3.92. The molecular weight excluding hydrogens is 259 g/mol. The molecule has 1 aliphatic carbocycles. The molecule has 104 valence electrons. The van der Waals surface area contributed by atoms with Crippen LogP contribution in [0, 0.1) is 0 Å². The van der Waals surface area contributed by atoms with Crippen molar-refractivity contribution in [3.05, 3.63) is 23.9 Å². The number of anilines is 1. The lowest BCUT2D eigenvalue weighted by molar-refractivity contribution is -0.141. The Labute approximate surface area is 108 Å². The Morgan fingerprint density at radius 1 is 1.37 bits per heavy atom. The van der Waals surface area contributed by atoms with Gasteiger partial charge in [0, 0.05) is 19.0 Å². The minimum Gasteiger partial charge on any atom is -0.370 e. The molecule has 7 heteroatoms. The van der Waals surface area contributed by atoms with Crippen LogP contribution in [0.4, 0.5) is 19.0 Å². The molecule has 0 spiro atoms. The smallest absolute Gasteiger partial charge is 0.370 e. The number of carbonyl (C=O) groups is 1. The van der Waals surface area contributed by atoms with Crippen molar-refractivity contribution in [2.75, 3.05) is 11.9 Å². The molecule has 1 aromatic rings. The van der Waals surface area contributed by atoms with E-state index in [0.29, 0.717) is 6.04 Å². The molecule has 1 saturated carbocycles. The fourth-order valence-electron chi connectivity index (χ4n) is 1.52. The van der Waals surface area contributed by atoms with Gasteiger partial charge in [0.05, 0.1) is 0 Å². The van der Waals surface area contributed by atoms with Crippen molar-refractivity contribution in [3.63, 3.8) is 0 Å². The number of carbonyl (C=O) groups excluding carboxylic acids is 1. The summed E-state index contributed by atoms with van der Waals surface area (Å²) in [4.78, 5) is 14.8. The third kappa shape index (κ3) is 4.42. The van der Waals surface area contributed by atoms with Gasteiger partial charge in [0.2, 0.25) is 5.91 Å². The lowest BCUT2D eigenvalue weighted by Crippen LogP contribution is -2.27. The van der Waals surface area contributed by atoms with Gasteiger partial charge in [-0.1, -0.05) is 6.07 Å². The number of amides is 1. The van der Waals surface area contributed by atoms with Crippen molar-refractivity contribution in [1.82, 2.24) is 10.3 Å². The van der Waals surface area contributed by atoms with Crippen LogP contribution < -0.4 is 10.6 Å². The molecule has 1 amide bonds. The highest BCUT2D eigenvalue weighted by molar-refractivity contribution is 5.77. The van der Waals surface area contributed by atoms with Crippen molar-refractivity contribution in [2.45, 2.75) is 31.5 Å². The maximum absolute atomic E-state index is 12.4. The molecule has 0 radical (unpaired) electrons. The number of nitrogens with one attached hydrogen (secondary N) is 2. The van der Waals surface area contributed by atoms with Crippen LogP contribution in [-0.2, 0) is 11.0 Å². The van der Waals surface area contributed by atoms with Crippen molar-refractivity contribution >= 4 is 11.7 Å². The maximum atomic E-state index is 12.4. The van der Waals surface area contributed by atoms with Crippen LogP contribution in [0.3, 0.4) is 0 Å². The highest BCUT2D eigenvalue weighted by Crippen LogP contribution is 2.28. The third-order valence-corrected chi connectivity index (χ3v) is 2.64. The van der Waals surface area contributed by atoms with E-state index in [4.69, 9.17) is 0 Å². The zero-order valence-corrected chi connectivity index (χ0v) is 10.1. The average Bonchev–Trinajstić information content (AvgIpc) is 3.12. The fraction of sp³-hybridized carbons (Fsp3) is 0.500. The normalized spacial score (nSPS) is 15.1. The van der Waals surface area contributed by atoms with E-state index in [9.17, 15) is 18.0 Å². The molecule has 0 aromatic carbocycles. The average molecular weight is 273 g/mol. The summed E-state index contributed by atoms with van der Waals surface area (Å²) in [5, 5.41) is 5.51. The molecule has 0 unspecified atom stereocenters. The standard InChI is InChI=1S/C12H14F3N3O/c13-12(14,15)9-2-1-3-10(18-9)16-7-6-11(19)17-8-4-5-8/h1-3,8H,4-7H2,(H,16,18)(H,17,19). The van der Waals surface area contributed by atoms with E-state index in [1.165, 1.54) is 12.1 Å². The molecule has 0 saturated heterocycles. The van der Waals surface area contributed by atoms with Gasteiger partial charge in [-0.05, 0) is 25.0 Å². The highest BCUT2D eigenvalue weighted by Gasteiger charge is 2.32. The second-order valence-corrected chi connectivity index (χ2v) is 4.42. The van der Waals surface area contributed by atoms with Gasteiger partial charge in [-0.3, -0.25) is 4.79 Å². The molecule has 2 N–H and O–H groups in total. The summed E-state index contributed by atoms with van der Waals surface area (Å²) >= 11 is 0. The molecule has 2 rings (SSSR count). The van der Waals surface area contributed by atoms with Crippen LogP contribution in [0.25, 0.3) is 0 Å². The van der Waals surface area contributed by atoms with E-state index in [0.717, 1.165) is 18.9 Å². The van der Waals surface area contributed by atoms with Gasteiger partial charge < -0.3 is 10.6 Å². The van der Waals surface area contributed by atoms with Gasteiger partial charge in [-0.15, -0.1) is 0 Å². The number of halogens is 3. The number of hydrogen-bond donors (Lipinski definition) is 2. The summed E-state index contributed by atoms with van der Waals surface area (Å²) in [6.07, 6.45) is -2.22. The lowest BCUT2D eigenvalue weighted by Gasteiger charge is -2.09. The van der Waals surface area contributed by atoms with E-state index >= 15 is 0 Å². The minimum absolute atomic E-state index is 0.0954. The molecule has 4 nitrogen and oxygen atoms in total. The van der Waals surface area contributed by atoms with E-state index in [-0.39, 0.29) is 24.7 Å². The topological polar surface area (TPSA) is 54.0 Å². The van der Waals surface area contributed by atoms with Crippen molar-refractivity contribution in [3.8, 4) is 0 Å². The first-order valence-electron chi connectivity index (χ1n) is 6.02. The van der Waals surface area contributed by atoms with Gasteiger partial charge in [-0.2, -0.15) is 13.2 Å². The van der Waals surface area contributed by atoms with Gasteiger partial charge in [0.15, 0.2) is 0 Å². The first kappa shape index (κ1) is 13.6. The van der Waals surface area contributed by atoms with Crippen LogP contribution in [-0.4, -0.2) is 23.5 Å². The molecule has 0 bridgehead atoms. The lowest BCUT2D eigenvalue weighted by atomic mass is 10.3. The second kappa shape index (κ2) is 5.46. The van der Waals surface area contributed by atoms with Crippen molar-refractivity contribution in [2.24, 2.45) is 0 Å². The summed E-state index contributed by atoms with van der Waals surface area (Å²) in [7, 11) is 0. The van der Waals surface area contributed by atoms with Crippen LogP contribution in [0.15, 0.2) is 18.2 Å². The summed E-state index contributed by atoms with van der Waals surface area (Å²) in [5.74, 6) is 0.0241. The molecule has 0 aliphatic heterocycles. The van der Waals surface area contributed by atoms with Gasteiger partial charge >= 0.3 is 6.18 Å².